The van der Waals surface area contributed by atoms with E-state index in [-0.39, 0.29) is 11.5 Å². The van der Waals surface area contributed by atoms with Crippen molar-refractivity contribution in [1.82, 2.24) is 5.32 Å². The molecular weight excluding hydrogens is 474 g/mol. The largest absolute Gasteiger partial charge is 0.480 e. The predicted molar refractivity (Wildman–Crippen MR) is 144 cm³/mol. The van der Waals surface area contributed by atoms with E-state index in [2.05, 4.69) is 5.32 Å². The van der Waals surface area contributed by atoms with Crippen molar-refractivity contribution in [1.29, 1.82) is 0 Å². The number of amides is 1. The molecule has 0 aliphatic heterocycles. The van der Waals surface area contributed by atoms with Crippen LogP contribution in [0.4, 0.5) is 4.79 Å². The number of carbonyl (C=O) groups is 3. The van der Waals surface area contributed by atoms with Crippen LogP contribution in [0.25, 0.3) is 22.3 Å². The fourth-order valence-corrected chi connectivity index (χ4v) is 4.60. The molecule has 1 unspecified atom stereocenters. The second kappa shape index (κ2) is 11.9. The van der Waals surface area contributed by atoms with Gasteiger partial charge < -0.3 is 15.2 Å². The second-order valence-electron chi connectivity index (χ2n) is 9.43. The van der Waals surface area contributed by atoms with Gasteiger partial charge in [0.25, 0.3) is 0 Å². The van der Waals surface area contributed by atoms with Crippen LogP contribution >= 0.6 is 11.8 Å². The zero-order valence-corrected chi connectivity index (χ0v) is 21.7. The summed E-state index contributed by atoms with van der Waals surface area (Å²) >= 11 is 1.43. The highest BCUT2D eigenvalue weighted by atomic mass is 32.2. The molecule has 0 spiro atoms. The van der Waals surface area contributed by atoms with E-state index in [1.165, 1.54) is 11.8 Å². The highest BCUT2D eigenvalue weighted by Gasteiger charge is 2.23. The molecule has 0 aromatic heterocycles. The van der Waals surface area contributed by atoms with Crippen molar-refractivity contribution >= 4 is 29.6 Å². The Kier molecular flexibility index (Phi) is 8.93. The van der Waals surface area contributed by atoms with Gasteiger partial charge in [0.15, 0.2) is 5.78 Å². The summed E-state index contributed by atoms with van der Waals surface area (Å²) < 4.78 is 5.15. The van der Waals surface area contributed by atoms with E-state index >= 15 is 0 Å². The number of hydrogen-bond donors (Lipinski definition) is 2. The zero-order chi connectivity index (χ0) is 26.3. The number of carbonyl (C=O) groups excluding carboxylic acids is 2. The lowest BCUT2D eigenvalue weighted by atomic mass is 9.95. The zero-order valence-electron chi connectivity index (χ0n) is 20.9. The van der Waals surface area contributed by atoms with E-state index in [1.54, 1.807) is 27.7 Å². The van der Waals surface area contributed by atoms with Gasteiger partial charge >= 0.3 is 12.1 Å². The summed E-state index contributed by atoms with van der Waals surface area (Å²) in [5.74, 6) is -0.225. The molecule has 0 aliphatic rings. The Hall–Kier alpha value is -3.58. The van der Waals surface area contributed by atoms with Gasteiger partial charge in [-0.15, -0.1) is 0 Å². The number of ether oxygens (including phenoxy) is 1. The lowest BCUT2D eigenvalue weighted by molar-refractivity contribution is -0.138. The molecule has 188 valence electrons. The molecule has 2 N–H and O–H groups in total. The van der Waals surface area contributed by atoms with Crippen molar-refractivity contribution in [2.75, 3.05) is 5.75 Å². The Bertz CT molecular complexity index is 1210. The summed E-state index contributed by atoms with van der Waals surface area (Å²) in [6.07, 6.45) is -0.740. The standard InChI is InChI=1S/C29H31NO5S/c1-19(31)24-7-5-6-8-25(24)23-15-13-22(14-16-23)21-11-9-20(10-12-21)17-36-18-26(27(32)33)30-28(34)35-29(2,3)4/h5-16,26H,17-18H2,1-4H3,(H,30,34)(H,32,33). The molecule has 7 heteroatoms. The number of rotatable bonds is 9. The third kappa shape index (κ3) is 7.71. The number of ketones is 1. The van der Waals surface area contributed by atoms with Crippen molar-refractivity contribution < 1.29 is 24.2 Å². The first-order chi connectivity index (χ1) is 17.0. The van der Waals surface area contributed by atoms with E-state index in [0.717, 1.165) is 27.8 Å². The minimum atomic E-state index is -1.10. The summed E-state index contributed by atoms with van der Waals surface area (Å²) in [7, 11) is 0. The molecular formula is C29H31NO5S. The highest BCUT2D eigenvalue weighted by molar-refractivity contribution is 7.98. The molecule has 6 nitrogen and oxygen atoms in total. The molecule has 0 heterocycles. The normalized spacial score (nSPS) is 12.0. The second-order valence-corrected chi connectivity index (χ2v) is 10.5. The van der Waals surface area contributed by atoms with Gasteiger partial charge in [-0.05, 0) is 55.5 Å². The number of aliphatic carboxylic acids is 1. The van der Waals surface area contributed by atoms with Crippen LogP contribution in [0.2, 0.25) is 0 Å². The third-order valence-corrected chi connectivity index (χ3v) is 6.44. The molecule has 0 saturated carbocycles. The van der Waals surface area contributed by atoms with Gasteiger partial charge in [0.1, 0.15) is 11.6 Å². The van der Waals surface area contributed by atoms with Crippen molar-refractivity contribution in [2.45, 2.75) is 45.1 Å². The summed E-state index contributed by atoms with van der Waals surface area (Å²) in [5, 5.41) is 11.8. The number of carboxylic acid groups (broad SMARTS) is 1. The Morgan fingerprint density at radius 2 is 1.44 bits per heavy atom. The number of benzene rings is 3. The molecule has 36 heavy (non-hydrogen) atoms. The smallest absolute Gasteiger partial charge is 0.408 e. The molecule has 3 rings (SSSR count). The third-order valence-electron chi connectivity index (χ3n) is 5.33. The highest BCUT2D eigenvalue weighted by Crippen LogP contribution is 2.28. The van der Waals surface area contributed by atoms with Crippen molar-refractivity contribution in [3.63, 3.8) is 0 Å². The first-order valence-corrected chi connectivity index (χ1v) is 12.8. The van der Waals surface area contributed by atoms with Crippen LogP contribution in [0.1, 0.15) is 43.6 Å². The number of Topliss-reactive ketones (excluding diaryl/α,β-unsaturated/α-hetero) is 1. The lowest BCUT2D eigenvalue weighted by Crippen LogP contribution is -2.44. The number of nitrogens with one attached hydrogen (secondary N) is 1. The van der Waals surface area contributed by atoms with Gasteiger partial charge in [0.05, 0.1) is 0 Å². The Morgan fingerprint density at radius 1 is 0.889 bits per heavy atom. The number of hydrogen-bond acceptors (Lipinski definition) is 5. The van der Waals surface area contributed by atoms with E-state index in [1.807, 2.05) is 72.8 Å². The van der Waals surface area contributed by atoms with E-state index in [4.69, 9.17) is 4.74 Å². The average molecular weight is 506 g/mol. The quantitative estimate of drug-likeness (QED) is 0.325. The van der Waals surface area contributed by atoms with Crippen LogP contribution in [-0.2, 0) is 15.3 Å². The van der Waals surface area contributed by atoms with E-state index < -0.39 is 23.7 Å². The van der Waals surface area contributed by atoms with E-state index in [9.17, 15) is 19.5 Å². The Morgan fingerprint density at radius 3 is 2.00 bits per heavy atom. The molecule has 0 aliphatic carbocycles. The van der Waals surface area contributed by atoms with Crippen molar-refractivity contribution in [3.8, 4) is 22.3 Å². The topological polar surface area (TPSA) is 92.7 Å². The maximum atomic E-state index is 11.9. The van der Waals surface area contributed by atoms with Crippen LogP contribution < -0.4 is 5.32 Å². The van der Waals surface area contributed by atoms with Gasteiger partial charge in [0, 0.05) is 17.1 Å². The van der Waals surface area contributed by atoms with Crippen LogP contribution in [0.3, 0.4) is 0 Å². The first kappa shape index (κ1) is 27.0. The predicted octanol–water partition coefficient (Wildman–Crippen LogP) is 6.43. The van der Waals surface area contributed by atoms with Crippen molar-refractivity contribution in [2.24, 2.45) is 0 Å². The maximum absolute atomic E-state index is 11.9. The van der Waals surface area contributed by atoms with Crippen LogP contribution in [0.15, 0.2) is 72.8 Å². The summed E-state index contributed by atoms with van der Waals surface area (Å²) in [4.78, 5) is 35.4. The van der Waals surface area contributed by atoms with Crippen LogP contribution in [-0.4, -0.2) is 40.3 Å². The lowest BCUT2D eigenvalue weighted by Gasteiger charge is -2.21. The summed E-state index contributed by atoms with van der Waals surface area (Å²) in [5.41, 5.74) is 5.10. The number of carboxylic acids is 1. The molecule has 0 bridgehead atoms. The van der Waals surface area contributed by atoms with Crippen LogP contribution in [0.5, 0.6) is 0 Å². The molecule has 3 aromatic rings. The molecule has 1 atom stereocenters. The van der Waals surface area contributed by atoms with Gasteiger partial charge in [-0.3, -0.25) is 4.79 Å². The summed E-state index contributed by atoms with van der Waals surface area (Å²) in [6, 6.07) is 22.8. The minimum absolute atomic E-state index is 0.0402. The van der Waals surface area contributed by atoms with Crippen LogP contribution in [0, 0.1) is 0 Å². The monoisotopic (exact) mass is 505 g/mol. The molecule has 0 fully saturated rings. The fraction of sp³-hybridized carbons (Fsp3) is 0.276. The Balaban J connectivity index is 1.59. The summed E-state index contributed by atoms with van der Waals surface area (Å²) in [6.45, 7) is 6.75. The maximum Gasteiger partial charge on any atom is 0.408 e. The van der Waals surface area contributed by atoms with Gasteiger partial charge in [0.2, 0.25) is 0 Å². The molecule has 3 aromatic carbocycles. The van der Waals surface area contributed by atoms with Gasteiger partial charge in [-0.25, -0.2) is 9.59 Å². The average Bonchev–Trinajstić information content (AvgIpc) is 2.82. The first-order valence-electron chi connectivity index (χ1n) is 11.6. The van der Waals surface area contributed by atoms with Crippen molar-refractivity contribution in [3.05, 3.63) is 83.9 Å². The number of thioether (sulfide) groups is 1. The molecule has 0 saturated heterocycles. The molecule has 1 amide bonds. The Labute approximate surface area is 216 Å². The molecule has 0 radical (unpaired) electrons. The minimum Gasteiger partial charge on any atom is -0.480 e. The van der Waals surface area contributed by atoms with Gasteiger partial charge in [-0.2, -0.15) is 11.8 Å². The van der Waals surface area contributed by atoms with Gasteiger partial charge in [-0.1, -0.05) is 72.8 Å². The fourth-order valence-electron chi connectivity index (χ4n) is 3.60. The van der Waals surface area contributed by atoms with E-state index in [0.29, 0.717) is 11.3 Å². The number of alkyl carbamates (subject to hydrolysis) is 1. The SMILES string of the molecule is CC(=O)c1ccccc1-c1ccc(-c2ccc(CSCC(NC(=O)OC(C)(C)C)C(=O)O)cc2)cc1.